The first-order valence-electron chi connectivity index (χ1n) is 4.89. The molecule has 0 radical (unpaired) electrons. The molecule has 0 aliphatic carbocycles. The van der Waals surface area contributed by atoms with Gasteiger partial charge in [-0.05, 0) is 25.5 Å². The fourth-order valence-electron chi connectivity index (χ4n) is 1.32. The molecule has 1 rings (SSSR count). The number of nitrogens with zero attached hydrogens (tertiary/aromatic N) is 2. The van der Waals surface area contributed by atoms with Crippen molar-refractivity contribution in [3.05, 3.63) is 29.8 Å². The molecule has 0 heterocycles. The van der Waals surface area contributed by atoms with E-state index in [-0.39, 0.29) is 0 Å². The Labute approximate surface area is 85.8 Å². The van der Waals surface area contributed by atoms with Crippen molar-refractivity contribution in [3.63, 3.8) is 0 Å². The Balaban J connectivity index is 2.48. The molecule has 1 aromatic carbocycles. The molecule has 2 heteroatoms. The number of nitriles is 1. The predicted octanol–water partition coefficient (Wildman–Crippen LogP) is 2.74. The average Bonchev–Trinajstić information content (AvgIpc) is 2.19. The van der Waals surface area contributed by atoms with Gasteiger partial charge in [-0.3, -0.25) is 0 Å². The number of aryl methyl sites for hydroxylation is 1. The highest BCUT2D eigenvalue weighted by atomic mass is 15.1. The molecule has 0 aliphatic heterocycles. The zero-order valence-electron chi connectivity index (χ0n) is 8.83. The second-order valence-electron chi connectivity index (χ2n) is 3.52. The van der Waals surface area contributed by atoms with Gasteiger partial charge in [0.05, 0.1) is 6.07 Å². The summed E-state index contributed by atoms with van der Waals surface area (Å²) in [5, 5.41) is 8.42. The van der Waals surface area contributed by atoms with E-state index in [0.29, 0.717) is 6.42 Å². The van der Waals surface area contributed by atoms with Gasteiger partial charge < -0.3 is 4.90 Å². The summed E-state index contributed by atoms with van der Waals surface area (Å²) in [6.07, 6.45) is 1.57. The summed E-state index contributed by atoms with van der Waals surface area (Å²) in [5.74, 6) is 0. The van der Waals surface area contributed by atoms with E-state index in [1.807, 2.05) is 0 Å². The minimum atomic E-state index is 0.635. The van der Waals surface area contributed by atoms with Crippen molar-refractivity contribution in [2.75, 3.05) is 18.5 Å². The molecule has 2 nitrogen and oxygen atoms in total. The first-order chi connectivity index (χ1) is 6.74. The molecule has 0 saturated carbocycles. The fourth-order valence-corrected chi connectivity index (χ4v) is 1.32. The Morgan fingerprint density at radius 2 is 1.93 bits per heavy atom. The third-order valence-electron chi connectivity index (χ3n) is 2.26. The van der Waals surface area contributed by atoms with E-state index in [4.69, 9.17) is 5.26 Å². The topological polar surface area (TPSA) is 27.0 Å². The van der Waals surface area contributed by atoms with Crippen LogP contribution in [0.4, 0.5) is 5.69 Å². The molecule has 0 N–H and O–H groups in total. The summed E-state index contributed by atoms with van der Waals surface area (Å²) >= 11 is 0. The molecule has 0 aromatic heterocycles. The van der Waals surface area contributed by atoms with Gasteiger partial charge in [0.1, 0.15) is 0 Å². The van der Waals surface area contributed by atoms with Crippen molar-refractivity contribution in [2.24, 2.45) is 0 Å². The van der Waals surface area contributed by atoms with Gasteiger partial charge in [-0.25, -0.2) is 0 Å². The monoisotopic (exact) mass is 188 g/mol. The molecule has 0 atom stereocenters. The maximum Gasteiger partial charge on any atom is 0.0622 e. The molecule has 0 saturated heterocycles. The van der Waals surface area contributed by atoms with Crippen molar-refractivity contribution < 1.29 is 0 Å². The van der Waals surface area contributed by atoms with Crippen LogP contribution in [0.1, 0.15) is 18.4 Å². The van der Waals surface area contributed by atoms with Gasteiger partial charge in [0.25, 0.3) is 0 Å². The van der Waals surface area contributed by atoms with Crippen LogP contribution in [-0.2, 0) is 0 Å². The fraction of sp³-hybridized carbons (Fsp3) is 0.417. The normalized spacial score (nSPS) is 9.50. The van der Waals surface area contributed by atoms with Gasteiger partial charge >= 0.3 is 0 Å². The third-order valence-corrected chi connectivity index (χ3v) is 2.26. The van der Waals surface area contributed by atoms with Crippen LogP contribution in [0.15, 0.2) is 24.3 Å². The zero-order chi connectivity index (χ0) is 10.4. The SMILES string of the molecule is Cc1ccc(N(C)CCCC#N)cc1. The zero-order valence-corrected chi connectivity index (χ0v) is 8.83. The van der Waals surface area contributed by atoms with Crippen LogP contribution >= 0.6 is 0 Å². The van der Waals surface area contributed by atoms with E-state index >= 15 is 0 Å². The number of unbranched alkanes of at least 4 members (excludes halogenated alkanes) is 1. The first-order valence-corrected chi connectivity index (χ1v) is 4.89. The summed E-state index contributed by atoms with van der Waals surface area (Å²) in [7, 11) is 2.06. The molecule has 14 heavy (non-hydrogen) atoms. The van der Waals surface area contributed by atoms with Gasteiger partial charge in [0.15, 0.2) is 0 Å². The van der Waals surface area contributed by atoms with E-state index in [1.54, 1.807) is 0 Å². The quantitative estimate of drug-likeness (QED) is 0.679. The Hall–Kier alpha value is -1.49. The lowest BCUT2D eigenvalue weighted by molar-refractivity contribution is 0.806. The third kappa shape index (κ3) is 3.10. The Morgan fingerprint density at radius 3 is 2.50 bits per heavy atom. The Bertz CT molecular complexity index is 308. The molecular weight excluding hydrogens is 172 g/mol. The largest absolute Gasteiger partial charge is 0.375 e. The highest BCUT2D eigenvalue weighted by molar-refractivity contribution is 5.46. The van der Waals surface area contributed by atoms with Crippen LogP contribution in [0, 0.1) is 18.3 Å². The van der Waals surface area contributed by atoms with Gasteiger partial charge in [-0.1, -0.05) is 17.7 Å². The highest BCUT2D eigenvalue weighted by Crippen LogP contribution is 2.13. The number of rotatable bonds is 4. The van der Waals surface area contributed by atoms with Gasteiger partial charge in [0, 0.05) is 25.7 Å². The maximum atomic E-state index is 8.42. The van der Waals surface area contributed by atoms with Crippen molar-refractivity contribution in [1.82, 2.24) is 0 Å². The summed E-state index contributed by atoms with van der Waals surface area (Å²) in [6, 6.07) is 10.6. The van der Waals surface area contributed by atoms with Crippen LogP contribution in [0.3, 0.4) is 0 Å². The summed E-state index contributed by atoms with van der Waals surface area (Å²) < 4.78 is 0. The standard InChI is InChI=1S/C12H16N2/c1-11-5-7-12(8-6-11)14(2)10-4-3-9-13/h5-8H,3-4,10H2,1-2H3. The van der Waals surface area contributed by atoms with Crippen molar-refractivity contribution in [2.45, 2.75) is 19.8 Å². The van der Waals surface area contributed by atoms with Gasteiger partial charge in [0.2, 0.25) is 0 Å². The van der Waals surface area contributed by atoms with Gasteiger partial charge in [-0.2, -0.15) is 5.26 Å². The Morgan fingerprint density at radius 1 is 1.29 bits per heavy atom. The average molecular weight is 188 g/mol. The second-order valence-corrected chi connectivity index (χ2v) is 3.52. The second kappa shape index (κ2) is 5.29. The van der Waals surface area contributed by atoms with E-state index in [0.717, 1.165) is 13.0 Å². The summed E-state index contributed by atoms with van der Waals surface area (Å²) in [6.45, 7) is 3.02. The molecule has 0 amide bonds. The molecule has 0 unspecified atom stereocenters. The molecule has 0 aliphatic rings. The lowest BCUT2D eigenvalue weighted by atomic mass is 10.2. The van der Waals surface area contributed by atoms with E-state index in [9.17, 15) is 0 Å². The maximum absolute atomic E-state index is 8.42. The van der Waals surface area contributed by atoms with Crippen LogP contribution in [0.5, 0.6) is 0 Å². The number of benzene rings is 1. The van der Waals surface area contributed by atoms with Gasteiger partial charge in [-0.15, -0.1) is 0 Å². The number of hydrogen-bond donors (Lipinski definition) is 0. The summed E-state index contributed by atoms with van der Waals surface area (Å²) in [4.78, 5) is 2.18. The first kappa shape index (κ1) is 10.6. The number of anilines is 1. The van der Waals surface area contributed by atoms with E-state index in [2.05, 4.69) is 49.2 Å². The minimum Gasteiger partial charge on any atom is -0.375 e. The van der Waals surface area contributed by atoms with E-state index < -0.39 is 0 Å². The molecular formula is C12H16N2. The van der Waals surface area contributed by atoms with Crippen molar-refractivity contribution in [3.8, 4) is 6.07 Å². The molecule has 74 valence electrons. The molecule has 0 fully saturated rings. The number of hydrogen-bond acceptors (Lipinski definition) is 2. The highest BCUT2D eigenvalue weighted by Gasteiger charge is 1.98. The van der Waals surface area contributed by atoms with Crippen molar-refractivity contribution in [1.29, 1.82) is 5.26 Å². The Kier molecular flexibility index (Phi) is 4.00. The minimum absolute atomic E-state index is 0.635. The lowest BCUT2D eigenvalue weighted by Crippen LogP contribution is -2.18. The molecule has 0 bridgehead atoms. The lowest BCUT2D eigenvalue weighted by Gasteiger charge is -2.18. The smallest absolute Gasteiger partial charge is 0.0622 e. The van der Waals surface area contributed by atoms with Crippen LogP contribution in [0.25, 0.3) is 0 Å². The van der Waals surface area contributed by atoms with Crippen molar-refractivity contribution >= 4 is 5.69 Å². The van der Waals surface area contributed by atoms with Crippen LogP contribution in [-0.4, -0.2) is 13.6 Å². The van der Waals surface area contributed by atoms with Crippen LogP contribution in [0.2, 0.25) is 0 Å². The summed E-state index contributed by atoms with van der Waals surface area (Å²) in [5.41, 5.74) is 2.49. The molecule has 1 aromatic rings. The predicted molar refractivity (Wildman–Crippen MR) is 59.3 cm³/mol. The molecule has 0 spiro atoms. The van der Waals surface area contributed by atoms with Crippen LogP contribution < -0.4 is 4.90 Å². The van der Waals surface area contributed by atoms with E-state index in [1.165, 1.54) is 11.3 Å².